The van der Waals surface area contributed by atoms with E-state index in [2.05, 4.69) is 0 Å². The van der Waals surface area contributed by atoms with Gasteiger partial charge in [-0.25, -0.2) is 0 Å². The highest BCUT2D eigenvalue weighted by Crippen LogP contribution is 2.46. The first-order valence-electron chi connectivity index (χ1n) is 6.27. The van der Waals surface area contributed by atoms with Crippen LogP contribution in [0.4, 0.5) is 0 Å². The van der Waals surface area contributed by atoms with Crippen molar-refractivity contribution >= 4 is 0 Å². The number of hydrogen-bond acceptors (Lipinski definition) is 5. The fourth-order valence-corrected chi connectivity index (χ4v) is 2.83. The van der Waals surface area contributed by atoms with E-state index < -0.39 is 11.6 Å². The Labute approximate surface area is 113 Å². The first kappa shape index (κ1) is 14.4. The van der Waals surface area contributed by atoms with Gasteiger partial charge in [-0.15, -0.1) is 0 Å². The summed E-state index contributed by atoms with van der Waals surface area (Å²) in [5.74, 6) is -1.35. The van der Waals surface area contributed by atoms with Crippen molar-refractivity contribution in [3.05, 3.63) is 35.9 Å². The third kappa shape index (κ3) is 1.98. The summed E-state index contributed by atoms with van der Waals surface area (Å²) in [4.78, 5) is 0. The van der Waals surface area contributed by atoms with E-state index in [1.165, 1.54) is 14.2 Å². The van der Waals surface area contributed by atoms with E-state index in [0.29, 0.717) is 13.0 Å². The molecule has 1 heterocycles. The van der Waals surface area contributed by atoms with Crippen molar-refractivity contribution in [3.8, 4) is 0 Å². The second-order valence-corrected chi connectivity index (χ2v) is 4.51. The Hall–Kier alpha value is -0.980. The molecule has 0 amide bonds. The molecule has 19 heavy (non-hydrogen) atoms. The van der Waals surface area contributed by atoms with Gasteiger partial charge in [-0.2, -0.15) is 0 Å². The molecule has 0 radical (unpaired) electrons. The van der Waals surface area contributed by atoms with E-state index in [4.69, 9.17) is 24.7 Å². The zero-order valence-corrected chi connectivity index (χ0v) is 11.6. The maximum Gasteiger partial charge on any atom is 0.319 e. The van der Waals surface area contributed by atoms with Gasteiger partial charge in [0.2, 0.25) is 0 Å². The molecule has 106 valence electrons. The van der Waals surface area contributed by atoms with Crippen molar-refractivity contribution in [3.63, 3.8) is 0 Å². The molecule has 2 N–H and O–H groups in total. The number of methoxy groups -OCH3 is 3. The van der Waals surface area contributed by atoms with Gasteiger partial charge in [0.25, 0.3) is 0 Å². The average molecular weight is 267 g/mol. The van der Waals surface area contributed by atoms with E-state index in [9.17, 15) is 0 Å². The van der Waals surface area contributed by atoms with Crippen molar-refractivity contribution < 1.29 is 18.9 Å². The highest BCUT2D eigenvalue weighted by molar-refractivity contribution is 5.28. The first-order chi connectivity index (χ1) is 9.16. The summed E-state index contributed by atoms with van der Waals surface area (Å²) in [7, 11) is 4.64. The zero-order chi connectivity index (χ0) is 13.9. The standard InChI is InChI=1S/C14H21NO4/c1-16-13(11-7-5-4-6-8-11)12(15)9-10-19-14(13,17-2)18-3/h4-8,12H,9-10,15H2,1-3H3. The van der Waals surface area contributed by atoms with Crippen LogP contribution in [0, 0.1) is 0 Å². The largest absolute Gasteiger partial charge is 0.364 e. The first-order valence-corrected chi connectivity index (χ1v) is 6.27. The number of ether oxygens (including phenoxy) is 4. The molecule has 2 rings (SSSR count). The van der Waals surface area contributed by atoms with Gasteiger partial charge in [-0.3, -0.25) is 0 Å². The molecule has 0 bridgehead atoms. The van der Waals surface area contributed by atoms with Crippen molar-refractivity contribution in [2.24, 2.45) is 5.73 Å². The molecule has 2 atom stereocenters. The van der Waals surface area contributed by atoms with Crippen molar-refractivity contribution in [1.29, 1.82) is 0 Å². The average Bonchev–Trinajstić information content (AvgIpc) is 2.48. The second-order valence-electron chi connectivity index (χ2n) is 4.51. The van der Waals surface area contributed by atoms with E-state index in [1.807, 2.05) is 30.3 Å². The van der Waals surface area contributed by atoms with Crippen LogP contribution >= 0.6 is 0 Å². The summed E-state index contributed by atoms with van der Waals surface area (Å²) in [6.07, 6.45) is 0.664. The Morgan fingerprint density at radius 3 is 2.26 bits per heavy atom. The molecule has 0 saturated carbocycles. The summed E-state index contributed by atoms with van der Waals surface area (Å²) >= 11 is 0. The molecule has 2 unspecified atom stereocenters. The lowest BCUT2D eigenvalue weighted by atomic mass is 9.80. The minimum Gasteiger partial charge on any atom is -0.364 e. The Balaban J connectivity index is 2.60. The van der Waals surface area contributed by atoms with Gasteiger partial charge < -0.3 is 24.7 Å². The van der Waals surface area contributed by atoms with Crippen LogP contribution in [0.5, 0.6) is 0 Å². The maximum atomic E-state index is 6.32. The fraction of sp³-hybridized carbons (Fsp3) is 0.571. The maximum absolute atomic E-state index is 6.32. The molecule has 5 heteroatoms. The van der Waals surface area contributed by atoms with E-state index in [0.717, 1.165) is 5.56 Å². The van der Waals surface area contributed by atoms with Crippen molar-refractivity contribution in [1.82, 2.24) is 0 Å². The third-order valence-corrected chi connectivity index (χ3v) is 3.76. The normalized spacial score (nSPS) is 30.2. The molecule has 5 nitrogen and oxygen atoms in total. The van der Waals surface area contributed by atoms with Crippen LogP contribution < -0.4 is 5.73 Å². The van der Waals surface area contributed by atoms with Crippen molar-refractivity contribution in [2.75, 3.05) is 27.9 Å². The molecule has 1 saturated heterocycles. The molecule has 1 aliphatic rings. The Morgan fingerprint density at radius 1 is 1.11 bits per heavy atom. The minimum atomic E-state index is -1.35. The Kier molecular flexibility index (Phi) is 4.23. The van der Waals surface area contributed by atoms with E-state index in [1.54, 1.807) is 7.11 Å². The van der Waals surface area contributed by atoms with Crippen LogP contribution in [0.3, 0.4) is 0 Å². The Bertz CT molecular complexity index is 407. The molecule has 1 fully saturated rings. The van der Waals surface area contributed by atoms with E-state index >= 15 is 0 Å². The van der Waals surface area contributed by atoms with Gasteiger partial charge in [0.1, 0.15) is 0 Å². The number of hydrogen-bond donors (Lipinski definition) is 1. The molecular weight excluding hydrogens is 246 g/mol. The van der Waals surface area contributed by atoms with Crippen LogP contribution in [-0.2, 0) is 24.5 Å². The summed E-state index contributed by atoms with van der Waals surface area (Å²) in [6.45, 7) is 0.459. The van der Waals surface area contributed by atoms with Gasteiger partial charge in [0.05, 0.1) is 6.61 Å². The highest BCUT2D eigenvalue weighted by atomic mass is 16.9. The molecular formula is C14H21NO4. The quantitative estimate of drug-likeness (QED) is 0.831. The van der Waals surface area contributed by atoms with Gasteiger partial charge in [0, 0.05) is 27.4 Å². The van der Waals surface area contributed by atoms with Crippen LogP contribution in [0.15, 0.2) is 30.3 Å². The van der Waals surface area contributed by atoms with Gasteiger partial charge in [-0.05, 0) is 12.0 Å². The highest BCUT2D eigenvalue weighted by Gasteiger charge is 2.62. The number of rotatable bonds is 4. The molecule has 0 aromatic heterocycles. The molecule has 1 aliphatic heterocycles. The SMILES string of the molecule is COC1(OC)OCCC(N)C1(OC)c1ccccc1. The number of nitrogens with two attached hydrogens (primary N) is 1. The zero-order valence-electron chi connectivity index (χ0n) is 11.6. The van der Waals surface area contributed by atoms with Gasteiger partial charge in [0.15, 0.2) is 5.60 Å². The lowest BCUT2D eigenvalue weighted by molar-refractivity contribution is -0.452. The monoisotopic (exact) mass is 267 g/mol. The van der Waals surface area contributed by atoms with Crippen molar-refractivity contribution in [2.45, 2.75) is 24.0 Å². The topological polar surface area (TPSA) is 62.9 Å². The van der Waals surface area contributed by atoms with Gasteiger partial charge in [-0.1, -0.05) is 30.3 Å². The number of benzene rings is 1. The lowest BCUT2D eigenvalue weighted by Crippen LogP contribution is -2.68. The summed E-state index contributed by atoms with van der Waals surface area (Å²) < 4.78 is 22.5. The van der Waals surface area contributed by atoms with Crippen LogP contribution in [-0.4, -0.2) is 40.0 Å². The molecule has 1 aromatic carbocycles. The lowest BCUT2D eigenvalue weighted by Gasteiger charge is -2.52. The van der Waals surface area contributed by atoms with Crippen LogP contribution in [0.25, 0.3) is 0 Å². The predicted octanol–water partition coefficient (Wildman–Crippen LogP) is 1.22. The smallest absolute Gasteiger partial charge is 0.319 e. The Morgan fingerprint density at radius 2 is 1.74 bits per heavy atom. The van der Waals surface area contributed by atoms with Crippen LogP contribution in [0.1, 0.15) is 12.0 Å². The third-order valence-electron chi connectivity index (χ3n) is 3.76. The second kappa shape index (κ2) is 5.56. The summed E-state index contributed by atoms with van der Waals surface area (Å²) in [5, 5.41) is 0. The molecule has 0 spiro atoms. The molecule has 0 aliphatic carbocycles. The minimum absolute atomic E-state index is 0.298. The van der Waals surface area contributed by atoms with Crippen LogP contribution in [0.2, 0.25) is 0 Å². The van der Waals surface area contributed by atoms with Gasteiger partial charge >= 0.3 is 5.97 Å². The molecule has 1 aromatic rings. The summed E-state index contributed by atoms with van der Waals surface area (Å²) in [6, 6.07) is 9.36. The predicted molar refractivity (Wildman–Crippen MR) is 70.4 cm³/mol. The summed E-state index contributed by atoms with van der Waals surface area (Å²) in [5.41, 5.74) is 6.18. The van der Waals surface area contributed by atoms with E-state index in [-0.39, 0.29) is 6.04 Å². The fourth-order valence-electron chi connectivity index (χ4n) is 2.83.